The molecule has 33 heavy (non-hydrogen) atoms. The van der Waals surface area contributed by atoms with E-state index in [4.69, 9.17) is 0 Å². The fourth-order valence-corrected chi connectivity index (χ4v) is 5.67. The summed E-state index contributed by atoms with van der Waals surface area (Å²) in [6.45, 7) is 12.9. The zero-order valence-electron chi connectivity index (χ0n) is 23.7. The highest BCUT2D eigenvalue weighted by atomic mass is 32.1. The first kappa shape index (κ1) is 33.3. The molecule has 0 aliphatic carbocycles. The van der Waals surface area contributed by atoms with Gasteiger partial charge in [-0.2, -0.15) is 12.6 Å². The molecule has 2 heteroatoms. The van der Waals surface area contributed by atoms with Gasteiger partial charge in [-0.05, 0) is 63.5 Å². The fourth-order valence-electron chi connectivity index (χ4n) is 5.44. The first-order chi connectivity index (χ1) is 16.2. The Morgan fingerprint density at radius 3 is 0.848 bits per heavy atom. The lowest BCUT2D eigenvalue weighted by Gasteiger charge is -2.40. The van der Waals surface area contributed by atoms with Gasteiger partial charge in [0.25, 0.3) is 0 Å². The van der Waals surface area contributed by atoms with E-state index in [1.54, 1.807) is 0 Å². The predicted molar refractivity (Wildman–Crippen MR) is 157 cm³/mol. The van der Waals surface area contributed by atoms with Crippen molar-refractivity contribution in [1.82, 2.24) is 0 Å². The van der Waals surface area contributed by atoms with E-state index in [2.05, 4.69) is 33.4 Å². The minimum atomic E-state index is 1.06. The summed E-state index contributed by atoms with van der Waals surface area (Å²) in [6.07, 6.45) is 33.0. The molecular weight excluding hydrogens is 418 g/mol. The smallest absolute Gasteiger partial charge is 0.0786 e. The van der Waals surface area contributed by atoms with Gasteiger partial charge in [-0.25, -0.2) is 0 Å². The zero-order valence-corrected chi connectivity index (χ0v) is 24.6. The minimum Gasteiger partial charge on any atom is -0.324 e. The largest absolute Gasteiger partial charge is 0.324 e. The van der Waals surface area contributed by atoms with Crippen LogP contribution in [0, 0.1) is 0 Å². The molecule has 0 aliphatic heterocycles. The van der Waals surface area contributed by atoms with E-state index >= 15 is 0 Å². The van der Waals surface area contributed by atoms with Gasteiger partial charge >= 0.3 is 0 Å². The van der Waals surface area contributed by atoms with Gasteiger partial charge in [-0.3, -0.25) is 0 Å². The first-order valence-corrected chi connectivity index (χ1v) is 16.3. The van der Waals surface area contributed by atoms with Crippen molar-refractivity contribution in [2.24, 2.45) is 0 Å². The second-order valence-electron chi connectivity index (χ2n) is 11.0. The van der Waals surface area contributed by atoms with Crippen molar-refractivity contribution < 1.29 is 4.48 Å². The number of thiol groups is 1. The third-order valence-electron chi connectivity index (χ3n) is 7.75. The van der Waals surface area contributed by atoms with Crippen molar-refractivity contribution in [3.63, 3.8) is 0 Å². The zero-order chi connectivity index (χ0) is 24.3. The summed E-state index contributed by atoms with van der Waals surface area (Å²) in [5.41, 5.74) is 0. The van der Waals surface area contributed by atoms with Crippen molar-refractivity contribution in [3.8, 4) is 0 Å². The van der Waals surface area contributed by atoms with Crippen molar-refractivity contribution in [2.75, 3.05) is 31.9 Å². The molecule has 0 saturated heterocycles. The lowest BCUT2D eigenvalue weighted by molar-refractivity contribution is -0.929. The van der Waals surface area contributed by atoms with E-state index in [0.29, 0.717) is 0 Å². The lowest BCUT2D eigenvalue weighted by atomic mass is 10.0. The van der Waals surface area contributed by atoms with Crippen molar-refractivity contribution in [2.45, 2.75) is 168 Å². The van der Waals surface area contributed by atoms with Gasteiger partial charge < -0.3 is 4.48 Å². The highest BCUT2D eigenvalue weighted by Crippen LogP contribution is 2.20. The van der Waals surface area contributed by atoms with E-state index in [-0.39, 0.29) is 0 Å². The van der Waals surface area contributed by atoms with Crippen LogP contribution in [0.15, 0.2) is 0 Å². The van der Waals surface area contributed by atoms with Gasteiger partial charge in [-0.15, -0.1) is 0 Å². The molecule has 0 fully saturated rings. The number of unbranched alkanes of at least 4 members (excludes halogenated alkanes) is 19. The molecule has 0 radical (unpaired) electrons. The van der Waals surface area contributed by atoms with Crippen LogP contribution in [-0.2, 0) is 0 Å². The Kier molecular flexibility index (Phi) is 27.2. The van der Waals surface area contributed by atoms with Crippen LogP contribution >= 0.6 is 12.6 Å². The van der Waals surface area contributed by atoms with Crippen LogP contribution in [-0.4, -0.2) is 36.4 Å². The van der Waals surface area contributed by atoms with Crippen molar-refractivity contribution in [1.29, 1.82) is 0 Å². The van der Waals surface area contributed by atoms with Gasteiger partial charge in [0.1, 0.15) is 0 Å². The normalized spacial score (nSPS) is 12.0. The van der Waals surface area contributed by atoms with E-state index in [9.17, 15) is 0 Å². The Morgan fingerprint density at radius 1 is 0.333 bits per heavy atom. The summed E-state index contributed by atoms with van der Waals surface area (Å²) in [6, 6.07) is 0. The summed E-state index contributed by atoms with van der Waals surface area (Å²) in [5, 5.41) is 0. The van der Waals surface area contributed by atoms with Gasteiger partial charge in [0.2, 0.25) is 0 Å². The molecule has 0 rings (SSSR count). The molecule has 0 saturated carbocycles. The highest BCUT2D eigenvalue weighted by molar-refractivity contribution is 7.80. The van der Waals surface area contributed by atoms with Gasteiger partial charge in [0.15, 0.2) is 0 Å². The summed E-state index contributed by atoms with van der Waals surface area (Å²) in [5.74, 6) is 1.06. The monoisotopic (exact) mass is 484 g/mol. The maximum atomic E-state index is 4.39. The minimum absolute atomic E-state index is 1.06. The molecule has 1 nitrogen and oxygen atoms in total. The average Bonchev–Trinajstić information content (AvgIpc) is 2.83. The van der Waals surface area contributed by atoms with Crippen LogP contribution in [0.3, 0.4) is 0 Å². The SMILES string of the molecule is CCCCCCCC[N+](CCCCCCCC)(CCCCCCCC)CCCCCCCS. The Balaban J connectivity index is 4.74. The number of quaternary nitrogens is 1. The maximum Gasteiger partial charge on any atom is 0.0786 e. The number of rotatable bonds is 28. The number of hydrogen-bond donors (Lipinski definition) is 1. The molecular formula is C31H66NS+. The number of hydrogen-bond acceptors (Lipinski definition) is 1. The Labute approximate surface area is 217 Å². The van der Waals surface area contributed by atoms with Gasteiger partial charge in [0.05, 0.1) is 26.2 Å². The second-order valence-corrected chi connectivity index (χ2v) is 11.5. The van der Waals surface area contributed by atoms with Crippen LogP contribution in [0.25, 0.3) is 0 Å². The van der Waals surface area contributed by atoms with Crippen LogP contribution < -0.4 is 0 Å². The topological polar surface area (TPSA) is 0 Å². The molecule has 0 aliphatic rings. The third-order valence-corrected chi connectivity index (χ3v) is 8.06. The maximum absolute atomic E-state index is 4.39. The fraction of sp³-hybridized carbons (Fsp3) is 1.00. The summed E-state index contributed by atoms with van der Waals surface area (Å²) < 4.78 is 1.46. The summed E-state index contributed by atoms with van der Waals surface area (Å²) in [7, 11) is 0. The molecule has 0 unspecified atom stereocenters. The summed E-state index contributed by atoms with van der Waals surface area (Å²) >= 11 is 4.39. The third kappa shape index (κ3) is 22.5. The molecule has 0 aromatic carbocycles. The molecule has 0 spiro atoms. The molecule has 0 aromatic rings. The van der Waals surface area contributed by atoms with E-state index in [0.717, 1.165) is 5.75 Å². The quantitative estimate of drug-likeness (QED) is 0.0637. The second kappa shape index (κ2) is 26.9. The number of nitrogens with zero attached hydrogens (tertiary/aromatic N) is 1. The first-order valence-electron chi connectivity index (χ1n) is 15.7. The van der Waals surface area contributed by atoms with E-state index in [1.807, 2.05) is 0 Å². The molecule has 0 heterocycles. The van der Waals surface area contributed by atoms with E-state index in [1.165, 1.54) is 178 Å². The Morgan fingerprint density at radius 2 is 0.576 bits per heavy atom. The Bertz CT molecular complexity index is 287. The van der Waals surface area contributed by atoms with Crippen LogP contribution in [0.4, 0.5) is 0 Å². The van der Waals surface area contributed by atoms with Crippen LogP contribution in [0.5, 0.6) is 0 Å². The Hall–Kier alpha value is 0.310. The molecule has 0 N–H and O–H groups in total. The van der Waals surface area contributed by atoms with E-state index < -0.39 is 0 Å². The lowest BCUT2D eigenvalue weighted by Crippen LogP contribution is -2.50. The van der Waals surface area contributed by atoms with Crippen LogP contribution in [0.2, 0.25) is 0 Å². The van der Waals surface area contributed by atoms with Gasteiger partial charge in [0, 0.05) is 0 Å². The summed E-state index contributed by atoms with van der Waals surface area (Å²) in [4.78, 5) is 0. The average molecular weight is 485 g/mol. The molecule has 0 amide bonds. The van der Waals surface area contributed by atoms with Crippen molar-refractivity contribution in [3.05, 3.63) is 0 Å². The standard InChI is InChI=1S/C31H65NS/c1-4-7-10-13-17-22-27-32(28-23-18-14-11-8-5-2,29-24-19-15-12-9-6-3)30-25-20-16-21-26-31-33/h4-31H2,1-3H3/p+1. The predicted octanol–water partition coefficient (Wildman–Crippen LogP) is 10.8. The van der Waals surface area contributed by atoms with Crippen molar-refractivity contribution >= 4 is 12.6 Å². The molecule has 0 atom stereocenters. The highest BCUT2D eigenvalue weighted by Gasteiger charge is 2.25. The van der Waals surface area contributed by atoms with Crippen LogP contribution in [0.1, 0.15) is 168 Å². The molecule has 200 valence electrons. The molecule has 0 aromatic heterocycles. The molecule has 0 bridgehead atoms. The van der Waals surface area contributed by atoms with Gasteiger partial charge in [-0.1, -0.05) is 111 Å².